The van der Waals surface area contributed by atoms with E-state index in [0.29, 0.717) is 29.0 Å². The van der Waals surface area contributed by atoms with Gasteiger partial charge in [-0.25, -0.2) is 4.98 Å². The summed E-state index contributed by atoms with van der Waals surface area (Å²) in [6.07, 6.45) is 12.3. The Morgan fingerprint density at radius 1 is 1.10 bits per heavy atom. The monoisotopic (exact) mass is 523 g/mol. The lowest BCUT2D eigenvalue weighted by atomic mass is 9.58. The Labute approximate surface area is 229 Å². The Balaban J connectivity index is 1.30. The van der Waals surface area contributed by atoms with Crippen molar-refractivity contribution in [3.8, 4) is 11.1 Å². The molecule has 0 amide bonds. The second kappa shape index (κ2) is 9.37. The summed E-state index contributed by atoms with van der Waals surface area (Å²) >= 11 is 0. The van der Waals surface area contributed by atoms with Gasteiger partial charge in [0.1, 0.15) is 12.2 Å². The fraction of sp³-hybridized carbons (Fsp3) is 0.516. The van der Waals surface area contributed by atoms with Gasteiger partial charge in [-0.2, -0.15) is 0 Å². The zero-order chi connectivity index (χ0) is 26.7. The van der Waals surface area contributed by atoms with Crippen LogP contribution in [0.3, 0.4) is 0 Å². The smallest absolute Gasteiger partial charge is 0.265 e. The highest BCUT2D eigenvalue weighted by molar-refractivity contribution is 5.65. The van der Waals surface area contributed by atoms with Gasteiger partial charge in [-0.1, -0.05) is 32.0 Å². The Morgan fingerprint density at radius 2 is 1.95 bits per heavy atom. The van der Waals surface area contributed by atoms with Crippen LogP contribution in [0.5, 0.6) is 0 Å². The third-order valence-corrected chi connectivity index (χ3v) is 9.11. The van der Waals surface area contributed by atoms with Crippen LogP contribution in [0.25, 0.3) is 16.8 Å². The third kappa shape index (κ3) is 4.29. The molecule has 1 saturated heterocycles. The molecule has 7 rings (SSSR count). The molecule has 0 unspecified atom stereocenters. The first-order valence-corrected chi connectivity index (χ1v) is 14.5. The molecule has 0 N–H and O–H groups in total. The number of fused-ring (bicyclic) bond motifs is 1. The van der Waals surface area contributed by atoms with Crippen molar-refractivity contribution in [2.45, 2.75) is 70.3 Å². The van der Waals surface area contributed by atoms with E-state index in [1.54, 1.807) is 16.9 Å². The molecule has 1 aliphatic heterocycles. The highest BCUT2D eigenvalue weighted by Gasteiger charge is 2.48. The molecule has 39 heavy (non-hydrogen) atoms. The minimum atomic E-state index is -0.178. The van der Waals surface area contributed by atoms with Gasteiger partial charge in [0.15, 0.2) is 5.65 Å². The van der Waals surface area contributed by atoms with Crippen molar-refractivity contribution in [2.24, 2.45) is 18.9 Å². The Morgan fingerprint density at radius 3 is 2.67 bits per heavy atom. The van der Waals surface area contributed by atoms with Crippen LogP contribution in [0.15, 0.2) is 47.8 Å². The summed E-state index contributed by atoms with van der Waals surface area (Å²) in [6.45, 7) is 7.57. The molecule has 0 radical (unpaired) electrons. The zero-order valence-corrected chi connectivity index (χ0v) is 23.2. The van der Waals surface area contributed by atoms with E-state index in [0.717, 1.165) is 68.1 Å². The van der Waals surface area contributed by atoms with E-state index in [1.807, 2.05) is 23.9 Å². The van der Waals surface area contributed by atoms with Gasteiger partial charge < -0.3 is 4.57 Å². The van der Waals surface area contributed by atoms with Gasteiger partial charge in [-0.3, -0.25) is 19.1 Å². The van der Waals surface area contributed by atoms with Gasteiger partial charge in [0.2, 0.25) is 0 Å². The first-order valence-electron chi connectivity index (χ1n) is 14.5. The molecule has 0 spiro atoms. The topological polar surface area (TPSA) is 81.2 Å². The molecular weight excluding hydrogens is 486 g/mol. The van der Waals surface area contributed by atoms with E-state index in [1.165, 1.54) is 18.4 Å². The summed E-state index contributed by atoms with van der Waals surface area (Å²) in [5.41, 5.74) is 5.18. The van der Waals surface area contributed by atoms with Crippen molar-refractivity contribution in [2.75, 3.05) is 13.1 Å². The van der Waals surface area contributed by atoms with Gasteiger partial charge in [0.05, 0.1) is 22.4 Å². The van der Waals surface area contributed by atoms with E-state index in [9.17, 15) is 4.79 Å². The Bertz CT molecular complexity index is 1590. The van der Waals surface area contributed by atoms with Crippen molar-refractivity contribution in [1.29, 1.82) is 0 Å². The van der Waals surface area contributed by atoms with Crippen LogP contribution in [0.4, 0.5) is 0 Å². The number of hydrogen-bond donors (Lipinski definition) is 0. The van der Waals surface area contributed by atoms with E-state index in [4.69, 9.17) is 9.97 Å². The van der Waals surface area contributed by atoms with Crippen LogP contribution in [0, 0.1) is 11.8 Å². The fourth-order valence-electron chi connectivity index (χ4n) is 7.10. The molecular formula is C31H37N7O. The SMILES string of the molecule is CC1CC(c2cccc(-c3cnc4c(C5CC5)nc(CN5CCC[C@H](C)C5)cn4c3=O)c2)(c2nncn2C)C1. The molecule has 2 saturated carbocycles. The number of benzene rings is 1. The van der Waals surface area contributed by atoms with Crippen LogP contribution >= 0.6 is 0 Å². The van der Waals surface area contributed by atoms with Gasteiger partial charge in [-0.05, 0) is 74.1 Å². The summed E-state index contributed by atoms with van der Waals surface area (Å²) in [7, 11) is 2.01. The predicted molar refractivity (Wildman–Crippen MR) is 151 cm³/mol. The molecule has 3 aromatic heterocycles. The zero-order valence-electron chi connectivity index (χ0n) is 23.2. The maximum Gasteiger partial charge on any atom is 0.265 e. The summed E-state index contributed by atoms with van der Waals surface area (Å²) in [6, 6.07) is 8.43. The van der Waals surface area contributed by atoms with Crippen LogP contribution < -0.4 is 5.56 Å². The summed E-state index contributed by atoms with van der Waals surface area (Å²) < 4.78 is 3.80. The lowest BCUT2D eigenvalue weighted by Crippen LogP contribution is -2.43. The van der Waals surface area contributed by atoms with Crippen molar-refractivity contribution in [3.05, 3.63) is 76.1 Å². The molecule has 1 aromatic carbocycles. The highest BCUT2D eigenvalue weighted by atomic mass is 16.1. The first-order chi connectivity index (χ1) is 18.9. The minimum absolute atomic E-state index is 0.0237. The molecule has 8 heteroatoms. The standard InChI is InChI=1S/C31H37N7O/c1-20-6-5-11-37(16-20)17-25-18-38-28(27(34-25)22-9-10-22)32-15-26(29(38)39)23-7-4-8-24(12-23)31(13-21(2)14-31)30-35-33-19-36(30)3/h4,7-8,12,15,18-22H,5-6,9-11,13-14,16-17H2,1-3H3/t20-,21?,31?/m0/s1. The van der Waals surface area contributed by atoms with Crippen LogP contribution in [-0.2, 0) is 19.0 Å². The number of aryl methyl sites for hydroxylation is 1. The Kier molecular flexibility index (Phi) is 5.92. The average Bonchev–Trinajstić information content (AvgIpc) is 3.67. The maximum atomic E-state index is 14.1. The molecule has 8 nitrogen and oxygen atoms in total. The van der Waals surface area contributed by atoms with Gasteiger partial charge in [0.25, 0.3) is 5.56 Å². The summed E-state index contributed by atoms with van der Waals surface area (Å²) in [5.74, 6) is 2.72. The van der Waals surface area contributed by atoms with Gasteiger partial charge >= 0.3 is 0 Å². The normalized spacial score (nSPS) is 25.6. The van der Waals surface area contributed by atoms with Crippen LogP contribution in [0.2, 0.25) is 0 Å². The van der Waals surface area contributed by atoms with Crippen molar-refractivity contribution < 1.29 is 0 Å². The molecule has 4 heterocycles. The molecule has 3 fully saturated rings. The average molecular weight is 524 g/mol. The highest BCUT2D eigenvalue weighted by Crippen LogP contribution is 2.51. The van der Waals surface area contributed by atoms with E-state index in [-0.39, 0.29) is 11.0 Å². The number of nitrogens with zero attached hydrogens (tertiary/aromatic N) is 7. The number of aromatic nitrogens is 6. The molecule has 4 aromatic rings. The second-order valence-electron chi connectivity index (χ2n) is 12.5. The lowest BCUT2D eigenvalue weighted by molar-refractivity contribution is 0.174. The third-order valence-electron chi connectivity index (χ3n) is 9.11. The molecule has 3 aliphatic rings. The van der Waals surface area contributed by atoms with E-state index in [2.05, 4.69) is 47.1 Å². The number of rotatable bonds is 6. The van der Waals surface area contributed by atoms with Crippen LogP contribution in [-0.4, -0.2) is 47.1 Å². The maximum absolute atomic E-state index is 14.1. The van der Waals surface area contributed by atoms with E-state index >= 15 is 0 Å². The fourth-order valence-corrected chi connectivity index (χ4v) is 7.10. The second-order valence-corrected chi connectivity index (χ2v) is 12.5. The van der Waals surface area contributed by atoms with E-state index < -0.39 is 0 Å². The molecule has 0 bridgehead atoms. The number of hydrogen-bond acceptors (Lipinski definition) is 6. The Hall–Kier alpha value is -3.39. The lowest BCUT2D eigenvalue weighted by Gasteiger charge is -2.46. The van der Waals surface area contributed by atoms with Crippen LogP contribution in [0.1, 0.15) is 81.1 Å². The van der Waals surface area contributed by atoms with Crippen molar-refractivity contribution in [1.82, 2.24) is 34.0 Å². The molecule has 1 atom stereocenters. The van der Waals surface area contributed by atoms with Gasteiger partial charge in [-0.15, -0.1) is 10.2 Å². The number of piperidine rings is 1. The molecule has 202 valence electrons. The van der Waals surface area contributed by atoms with Crippen molar-refractivity contribution >= 4 is 5.65 Å². The molecule has 2 aliphatic carbocycles. The number of likely N-dealkylation sites (tertiary alicyclic amines) is 1. The quantitative estimate of drug-likeness (QED) is 0.364. The van der Waals surface area contributed by atoms with Crippen molar-refractivity contribution in [3.63, 3.8) is 0 Å². The largest absolute Gasteiger partial charge is 0.320 e. The minimum Gasteiger partial charge on any atom is -0.320 e. The van der Waals surface area contributed by atoms with Gasteiger partial charge in [0, 0.05) is 38.4 Å². The predicted octanol–water partition coefficient (Wildman–Crippen LogP) is 4.71. The first kappa shape index (κ1) is 24.6. The summed E-state index contributed by atoms with van der Waals surface area (Å²) in [5, 5.41) is 8.67. The summed E-state index contributed by atoms with van der Waals surface area (Å²) in [4.78, 5) is 26.4.